The third-order valence-corrected chi connectivity index (χ3v) is 18.7. The van der Waals surface area contributed by atoms with Crippen molar-refractivity contribution >= 4 is 119 Å². The molecular formula is C77H62N2. The number of rotatable bonds is 9. The molecule has 0 spiro atoms. The molecule has 16 rings (SSSR count). The van der Waals surface area contributed by atoms with Crippen LogP contribution in [-0.4, -0.2) is 8.80 Å². The molecule has 0 aliphatic heterocycles. The molecule has 0 amide bonds. The van der Waals surface area contributed by atoms with Crippen LogP contribution < -0.4 is 0 Å². The van der Waals surface area contributed by atoms with Gasteiger partial charge in [-0.2, -0.15) is 0 Å². The van der Waals surface area contributed by atoms with Crippen LogP contribution in [0, 0.1) is 6.92 Å². The molecule has 2 nitrogen and oxygen atoms in total. The van der Waals surface area contributed by atoms with Crippen LogP contribution in [0.15, 0.2) is 200 Å². The third kappa shape index (κ3) is 7.09. The highest BCUT2D eigenvalue weighted by molar-refractivity contribution is 6.28. The van der Waals surface area contributed by atoms with Gasteiger partial charge in [-0.05, 0) is 204 Å². The van der Waals surface area contributed by atoms with Gasteiger partial charge in [0.1, 0.15) is 0 Å². The smallest absolute Gasteiger partial charge is 0.0620 e. The van der Waals surface area contributed by atoms with E-state index in [1.165, 1.54) is 169 Å². The quantitative estimate of drug-likeness (QED) is 0.136. The van der Waals surface area contributed by atoms with Crippen molar-refractivity contribution in [3.05, 3.63) is 228 Å². The van der Waals surface area contributed by atoms with E-state index in [4.69, 9.17) is 0 Å². The largest absolute Gasteiger partial charge is 0.308 e. The van der Waals surface area contributed by atoms with Crippen molar-refractivity contribution in [1.29, 1.82) is 0 Å². The van der Waals surface area contributed by atoms with E-state index in [0.29, 0.717) is 23.7 Å². The summed E-state index contributed by atoms with van der Waals surface area (Å²) in [5, 5.41) is 21.0. The van der Waals surface area contributed by atoms with Gasteiger partial charge in [0.25, 0.3) is 0 Å². The number of benzene rings is 12. The lowest BCUT2D eigenvalue weighted by atomic mass is 9.87. The zero-order chi connectivity index (χ0) is 53.1. The average Bonchev–Trinajstić information content (AvgIpc) is 3.47. The summed E-state index contributed by atoms with van der Waals surface area (Å²) in [5.74, 6) is 1.80. The molecule has 79 heavy (non-hydrogen) atoms. The van der Waals surface area contributed by atoms with E-state index in [2.05, 4.69) is 257 Å². The van der Waals surface area contributed by atoms with Gasteiger partial charge in [0.15, 0.2) is 0 Å². The molecule has 0 saturated carbocycles. The van der Waals surface area contributed by atoms with Gasteiger partial charge in [-0.1, -0.05) is 174 Å². The molecule has 0 saturated heterocycles. The highest BCUT2D eigenvalue weighted by Gasteiger charge is 2.24. The fourth-order valence-electron chi connectivity index (χ4n) is 14.0. The Bertz CT molecular complexity index is 5160. The molecule has 2 atom stereocenters. The van der Waals surface area contributed by atoms with Crippen LogP contribution in [0.2, 0.25) is 0 Å². The van der Waals surface area contributed by atoms with Gasteiger partial charge < -0.3 is 8.80 Å². The molecule has 0 N–H and O–H groups in total. The van der Waals surface area contributed by atoms with E-state index in [1.807, 2.05) is 0 Å². The highest BCUT2D eigenvalue weighted by Crippen LogP contribution is 2.47. The van der Waals surface area contributed by atoms with E-state index >= 15 is 0 Å². The first-order valence-electron chi connectivity index (χ1n) is 28.9. The lowest BCUT2D eigenvalue weighted by Crippen LogP contribution is -1.99. The predicted octanol–water partition coefficient (Wildman–Crippen LogP) is 22.2. The number of aromatic nitrogens is 2. The van der Waals surface area contributed by atoms with Crippen LogP contribution in [-0.2, 0) is 0 Å². The van der Waals surface area contributed by atoms with Crippen LogP contribution in [0.4, 0.5) is 0 Å². The molecule has 16 aromatic rings. The van der Waals surface area contributed by atoms with Crippen molar-refractivity contribution in [2.24, 2.45) is 0 Å². The molecule has 380 valence electrons. The van der Waals surface area contributed by atoms with Crippen LogP contribution >= 0.6 is 0 Å². The van der Waals surface area contributed by atoms with Gasteiger partial charge in [-0.3, -0.25) is 0 Å². The minimum atomic E-state index is 0.417. The number of hydrogen-bond acceptors (Lipinski definition) is 0. The third-order valence-electron chi connectivity index (χ3n) is 18.7. The highest BCUT2D eigenvalue weighted by atomic mass is 14.9. The molecule has 4 heterocycles. The Morgan fingerprint density at radius 1 is 0.278 bits per heavy atom. The maximum absolute atomic E-state index is 2.56. The monoisotopic (exact) mass is 1010 g/mol. The van der Waals surface area contributed by atoms with Gasteiger partial charge in [-0.15, -0.1) is 0 Å². The van der Waals surface area contributed by atoms with Crippen LogP contribution in [0.3, 0.4) is 0 Å². The van der Waals surface area contributed by atoms with Gasteiger partial charge in [0, 0.05) is 43.1 Å². The predicted molar refractivity (Wildman–Crippen MR) is 342 cm³/mol. The molecule has 0 bridgehead atoms. The number of nitrogens with zero attached hydrogens (tertiary/aromatic N) is 2. The summed E-state index contributed by atoms with van der Waals surface area (Å²) in [7, 11) is 0. The van der Waals surface area contributed by atoms with Gasteiger partial charge in [0.05, 0.1) is 33.1 Å². The van der Waals surface area contributed by atoms with Crippen molar-refractivity contribution in [3.8, 4) is 22.3 Å². The maximum atomic E-state index is 2.56. The van der Waals surface area contributed by atoms with E-state index in [0.717, 1.165) is 12.8 Å². The Morgan fingerprint density at radius 3 is 0.962 bits per heavy atom. The minimum Gasteiger partial charge on any atom is -0.308 e. The summed E-state index contributed by atoms with van der Waals surface area (Å²) in [6.45, 7) is 16.2. The SMILES string of the molecule is Cc1ccc(-c2cc3c4cc5cc(C(C)C)ccc5cc4n4c5cc6ccc(C(C)CCC(C)c7ccc8cc9c(cc8c7)c7cc(-c8ccccc8)cc8c%10cc%11cc(C(C)C)ccc%11cc%10n9c87)cc6cc5c(c2)c34)cc1. The molecular weight excluding hydrogens is 953 g/mol. The van der Waals surface area contributed by atoms with E-state index < -0.39 is 0 Å². The first-order valence-corrected chi connectivity index (χ1v) is 28.9. The second-order valence-electron chi connectivity index (χ2n) is 24.3. The van der Waals surface area contributed by atoms with Crippen molar-refractivity contribution in [2.75, 3.05) is 0 Å². The topological polar surface area (TPSA) is 8.82 Å². The van der Waals surface area contributed by atoms with Crippen molar-refractivity contribution in [3.63, 3.8) is 0 Å². The van der Waals surface area contributed by atoms with Crippen LogP contribution in [0.25, 0.3) is 142 Å². The fraction of sp³-hybridized carbons (Fsp3) is 0.169. The second-order valence-corrected chi connectivity index (χ2v) is 24.3. The molecule has 0 aliphatic carbocycles. The molecule has 4 aromatic heterocycles. The Kier molecular flexibility index (Phi) is 10.1. The summed E-state index contributed by atoms with van der Waals surface area (Å²) in [4.78, 5) is 0. The van der Waals surface area contributed by atoms with Crippen molar-refractivity contribution in [2.45, 2.75) is 85.0 Å². The summed E-state index contributed by atoms with van der Waals surface area (Å²) in [6, 6.07) is 78.0. The maximum Gasteiger partial charge on any atom is 0.0620 e. The molecule has 0 aliphatic rings. The first kappa shape index (κ1) is 46.4. The minimum absolute atomic E-state index is 0.417. The van der Waals surface area contributed by atoms with E-state index in [9.17, 15) is 0 Å². The van der Waals surface area contributed by atoms with Crippen molar-refractivity contribution < 1.29 is 0 Å². The molecule has 0 radical (unpaired) electrons. The number of fused-ring (bicyclic) bond motifs is 16. The van der Waals surface area contributed by atoms with Gasteiger partial charge in [-0.25, -0.2) is 0 Å². The zero-order valence-electron chi connectivity index (χ0n) is 46.2. The average molecular weight is 1020 g/mol. The summed E-state index contributed by atoms with van der Waals surface area (Å²) >= 11 is 0. The van der Waals surface area contributed by atoms with Crippen LogP contribution in [0.1, 0.15) is 106 Å². The van der Waals surface area contributed by atoms with Crippen molar-refractivity contribution in [1.82, 2.24) is 8.80 Å². The van der Waals surface area contributed by atoms with Gasteiger partial charge >= 0.3 is 0 Å². The van der Waals surface area contributed by atoms with Gasteiger partial charge in [0.2, 0.25) is 0 Å². The standard InChI is InChI=1S/C77H62N2/c1-43(2)50-19-23-54-39-72-64(31-58(54)27-50)68-35-62(48-11-9-8-10-12-48)36-69-66-33-60-29-52(21-25-56(60)41-74(66)78(72)76(68)69)46(6)15-16-47(7)53-22-26-57-42-75-67(34-61(57)30-53)71-38-63(49-17-13-45(5)14-18-49)37-70-65-32-59-28-51(44(3)4)20-24-55(59)40-73(65)79(75)77(70)71/h8-14,17-44,46-47H,15-16H2,1-7H3. The molecule has 12 aromatic carbocycles. The number of hydrogen-bond donors (Lipinski definition) is 0. The summed E-state index contributed by atoms with van der Waals surface area (Å²) < 4.78 is 5.12. The molecule has 2 unspecified atom stereocenters. The summed E-state index contributed by atoms with van der Waals surface area (Å²) in [6.07, 6.45) is 2.23. The van der Waals surface area contributed by atoms with E-state index in [-0.39, 0.29) is 0 Å². The second kappa shape index (κ2) is 17.1. The first-order chi connectivity index (χ1) is 38.5. The van der Waals surface area contributed by atoms with E-state index in [1.54, 1.807) is 0 Å². The number of aryl methyl sites for hydroxylation is 1. The Hall–Kier alpha value is -8.72. The lowest BCUT2D eigenvalue weighted by Gasteiger charge is -2.17. The molecule has 0 fully saturated rings. The molecule has 2 heteroatoms. The van der Waals surface area contributed by atoms with Crippen LogP contribution in [0.5, 0.6) is 0 Å². The Labute approximate surface area is 460 Å². The Balaban J connectivity index is 0.745. The lowest BCUT2D eigenvalue weighted by molar-refractivity contribution is 0.574. The zero-order valence-corrected chi connectivity index (χ0v) is 46.2. The summed E-state index contributed by atoms with van der Waals surface area (Å²) in [5.41, 5.74) is 19.7. The fourth-order valence-corrected chi connectivity index (χ4v) is 14.0. The Morgan fingerprint density at radius 2 is 0.608 bits per heavy atom. The normalized spacial score (nSPS) is 13.5.